The van der Waals surface area contributed by atoms with Crippen molar-refractivity contribution in [3.8, 4) is 0 Å². The van der Waals surface area contributed by atoms with Crippen molar-refractivity contribution < 1.29 is 14.4 Å². The maximum absolute atomic E-state index is 10.5. The van der Waals surface area contributed by atoms with Crippen molar-refractivity contribution in [1.82, 2.24) is 5.06 Å². The molecule has 10 heavy (non-hydrogen) atoms. The van der Waals surface area contributed by atoms with E-state index in [0.717, 1.165) is 0 Å². The largest absolute Gasteiger partial charge is 0.382 e. The predicted octanol–water partition coefficient (Wildman–Crippen LogP) is 0.0427. The Kier molecular flexibility index (Phi) is 4.88. The molecule has 0 spiro atoms. The van der Waals surface area contributed by atoms with Gasteiger partial charge in [0.15, 0.2) is 0 Å². The van der Waals surface area contributed by atoms with Gasteiger partial charge in [0.2, 0.25) is 5.91 Å². The molecule has 0 bridgehead atoms. The van der Waals surface area contributed by atoms with Crippen molar-refractivity contribution in [2.24, 2.45) is 0 Å². The summed E-state index contributed by atoms with van der Waals surface area (Å²) in [7, 11) is 3.15. The summed E-state index contributed by atoms with van der Waals surface area (Å²) >= 11 is 0. The number of hydrogen-bond acceptors (Lipinski definition) is 3. The van der Waals surface area contributed by atoms with Crippen LogP contribution in [0.15, 0.2) is 0 Å². The Morgan fingerprint density at radius 1 is 1.50 bits per heavy atom. The van der Waals surface area contributed by atoms with E-state index in [9.17, 15) is 4.79 Å². The van der Waals surface area contributed by atoms with Gasteiger partial charge in [0.1, 0.15) is 0 Å². The first-order valence-electron chi connectivity index (χ1n) is 3.04. The number of hydrogen-bond donors (Lipinski definition) is 0. The number of amides is 1. The summed E-state index contributed by atoms with van der Waals surface area (Å²) in [5.41, 5.74) is 0. The van der Waals surface area contributed by atoms with E-state index in [0.29, 0.717) is 13.2 Å². The summed E-state index contributed by atoms with van der Waals surface area (Å²) in [6.07, 6.45) is 0. The molecule has 0 aliphatic heterocycles. The normalized spacial score (nSPS) is 9.50. The molecular formula is C6H13NO3. The Hall–Kier alpha value is -0.610. The maximum atomic E-state index is 10.5. The third kappa shape index (κ3) is 4.29. The summed E-state index contributed by atoms with van der Waals surface area (Å²) in [5, 5.41) is 1.18. The monoisotopic (exact) mass is 147 g/mol. The second-order valence-corrected chi connectivity index (χ2v) is 1.84. The number of methoxy groups -OCH3 is 1. The van der Waals surface area contributed by atoms with Gasteiger partial charge in [-0.15, -0.1) is 0 Å². The van der Waals surface area contributed by atoms with Gasteiger partial charge in [-0.05, 0) is 0 Å². The van der Waals surface area contributed by atoms with Crippen LogP contribution < -0.4 is 0 Å². The van der Waals surface area contributed by atoms with Crippen LogP contribution >= 0.6 is 0 Å². The molecule has 0 N–H and O–H groups in total. The lowest BCUT2D eigenvalue weighted by Gasteiger charge is -2.13. The fourth-order valence-corrected chi connectivity index (χ4v) is 0.348. The van der Waals surface area contributed by atoms with E-state index < -0.39 is 0 Å². The molecule has 0 radical (unpaired) electrons. The van der Waals surface area contributed by atoms with Crippen LogP contribution in [0, 0.1) is 0 Å². The van der Waals surface area contributed by atoms with Gasteiger partial charge < -0.3 is 4.74 Å². The highest BCUT2D eigenvalue weighted by Gasteiger charge is 1.99. The molecule has 0 saturated heterocycles. The molecule has 60 valence electrons. The molecule has 0 aromatic rings. The molecular weight excluding hydrogens is 134 g/mol. The van der Waals surface area contributed by atoms with Crippen LogP contribution in [0.1, 0.15) is 6.92 Å². The minimum atomic E-state index is -0.115. The number of hydroxylamine groups is 2. The second-order valence-electron chi connectivity index (χ2n) is 1.84. The summed E-state index contributed by atoms with van der Waals surface area (Å²) in [4.78, 5) is 15.4. The molecule has 0 atom stereocenters. The molecule has 0 unspecified atom stereocenters. The first-order chi connectivity index (χ1) is 4.68. The van der Waals surface area contributed by atoms with Crippen LogP contribution in [-0.4, -0.2) is 38.3 Å². The fourth-order valence-electron chi connectivity index (χ4n) is 0.348. The zero-order valence-corrected chi connectivity index (χ0v) is 6.59. The van der Waals surface area contributed by atoms with Gasteiger partial charge in [-0.3, -0.25) is 9.63 Å². The standard InChI is InChI=1S/C6H13NO3/c1-6(8)7(2)10-5-4-9-3/h4-5H2,1-3H3. The smallest absolute Gasteiger partial charge is 0.242 e. The Balaban J connectivity index is 3.21. The summed E-state index contributed by atoms with van der Waals surface area (Å²) in [5.74, 6) is -0.115. The summed E-state index contributed by atoms with van der Waals surface area (Å²) in [6, 6.07) is 0. The zero-order valence-electron chi connectivity index (χ0n) is 6.59. The van der Waals surface area contributed by atoms with Gasteiger partial charge in [0.25, 0.3) is 0 Å². The maximum Gasteiger partial charge on any atom is 0.242 e. The Morgan fingerprint density at radius 2 is 2.10 bits per heavy atom. The second kappa shape index (κ2) is 5.20. The number of carbonyl (C=O) groups is 1. The molecule has 0 aliphatic carbocycles. The van der Waals surface area contributed by atoms with Crippen molar-refractivity contribution in [3.05, 3.63) is 0 Å². The topological polar surface area (TPSA) is 38.8 Å². The third-order valence-electron chi connectivity index (χ3n) is 1.02. The van der Waals surface area contributed by atoms with Crippen LogP contribution in [-0.2, 0) is 14.4 Å². The molecule has 0 rings (SSSR count). The molecule has 0 aromatic carbocycles. The van der Waals surface area contributed by atoms with Crippen molar-refractivity contribution in [2.75, 3.05) is 27.4 Å². The van der Waals surface area contributed by atoms with Gasteiger partial charge in [0.05, 0.1) is 13.2 Å². The molecule has 0 aromatic heterocycles. The molecule has 1 amide bonds. The average Bonchev–Trinajstić information content (AvgIpc) is 1.88. The quantitative estimate of drug-likeness (QED) is 0.416. The van der Waals surface area contributed by atoms with Crippen molar-refractivity contribution >= 4 is 5.91 Å². The van der Waals surface area contributed by atoms with Crippen molar-refractivity contribution in [1.29, 1.82) is 0 Å². The Labute approximate surface area is 60.7 Å². The molecule has 4 heteroatoms. The van der Waals surface area contributed by atoms with Crippen molar-refractivity contribution in [2.45, 2.75) is 6.92 Å². The van der Waals surface area contributed by atoms with Gasteiger partial charge in [0, 0.05) is 21.1 Å². The average molecular weight is 147 g/mol. The molecule has 0 saturated carbocycles. The van der Waals surface area contributed by atoms with E-state index in [1.165, 1.54) is 12.0 Å². The van der Waals surface area contributed by atoms with Crippen LogP contribution in [0.2, 0.25) is 0 Å². The number of carbonyl (C=O) groups excluding carboxylic acids is 1. The summed E-state index contributed by atoms with van der Waals surface area (Å²) in [6.45, 7) is 2.34. The van der Waals surface area contributed by atoms with Gasteiger partial charge in [-0.25, -0.2) is 5.06 Å². The minimum Gasteiger partial charge on any atom is -0.382 e. The third-order valence-corrected chi connectivity index (χ3v) is 1.02. The van der Waals surface area contributed by atoms with Gasteiger partial charge in [-0.2, -0.15) is 0 Å². The van der Waals surface area contributed by atoms with Crippen LogP contribution in [0.3, 0.4) is 0 Å². The SMILES string of the molecule is COCCON(C)C(C)=O. The number of rotatable bonds is 4. The molecule has 4 nitrogen and oxygen atoms in total. The first-order valence-corrected chi connectivity index (χ1v) is 3.04. The predicted molar refractivity (Wildman–Crippen MR) is 36.3 cm³/mol. The molecule has 0 fully saturated rings. The summed E-state index contributed by atoms with van der Waals surface area (Å²) < 4.78 is 4.71. The number of ether oxygens (including phenoxy) is 1. The van der Waals surface area contributed by atoms with E-state index in [-0.39, 0.29) is 5.91 Å². The van der Waals surface area contributed by atoms with E-state index in [2.05, 4.69) is 0 Å². The van der Waals surface area contributed by atoms with Gasteiger partial charge in [-0.1, -0.05) is 0 Å². The molecule has 0 heterocycles. The lowest BCUT2D eigenvalue weighted by molar-refractivity contribution is -0.179. The van der Waals surface area contributed by atoms with Crippen LogP contribution in [0.4, 0.5) is 0 Å². The zero-order chi connectivity index (χ0) is 7.98. The van der Waals surface area contributed by atoms with E-state index in [1.807, 2.05) is 0 Å². The lowest BCUT2D eigenvalue weighted by atomic mass is 10.7. The van der Waals surface area contributed by atoms with E-state index >= 15 is 0 Å². The van der Waals surface area contributed by atoms with Crippen LogP contribution in [0.5, 0.6) is 0 Å². The van der Waals surface area contributed by atoms with E-state index in [4.69, 9.17) is 9.57 Å². The number of nitrogens with zero attached hydrogens (tertiary/aromatic N) is 1. The highest BCUT2D eigenvalue weighted by molar-refractivity contribution is 5.71. The van der Waals surface area contributed by atoms with Gasteiger partial charge >= 0.3 is 0 Å². The Morgan fingerprint density at radius 3 is 2.50 bits per heavy atom. The first kappa shape index (κ1) is 9.39. The lowest BCUT2D eigenvalue weighted by Crippen LogP contribution is -2.25. The van der Waals surface area contributed by atoms with E-state index in [1.54, 1.807) is 14.2 Å². The highest BCUT2D eigenvalue weighted by atomic mass is 16.7. The fraction of sp³-hybridized carbons (Fsp3) is 0.833. The minimum absolute atomic E-state index is 0.115. The molecule has 0 aliphatic rings. The Bertz CT molecular complexity index is 105. The van der Waals surface area contributed by atoms with Crippen LogP contribution in [0.25, 0.3) is 0 Å². The van der Waals surface area contributed by atoms with Crippen molar-refractivity contribution in [3.63, 3.8) is 0 Å². The highest BCUT2D eigenvalue weighted by Crippen LogP contribution is 1.84.